The third-order valence-corrected chi connectivity index (χ3v) is 6.51. The van der Waals surface area contributed by atoms with Crippen LogP contribution in [0.3, 0.4) is 0 Å². The van der Waals surface area contributed by atoms with Gasteiger partial charge in [0, 0.05) is 28.4 Å². The maximum absolute atomic E-state index is 12.9. The number of thiophene rings is 1. The summed E-state index contributed by atoms with van der Waals surface area (Å²) in [6.07, 6.45) is 0.256. The number of methoxy groups -OCH3 is 1. The van der Waals surface area contributed by atoms with Crippen LogP contribution in [0.15, 0.2) is 66.0 Å². The molecule has 0 fully saturated rings. The first-order valence-electron chi connectivity index (χ1n) is 9.93. The Morgan fingerprint density at radius 2 is 1.97 bits per heavy atom. The molecule has 0 aliphatic carbocycles. The number of halogens is 1. The standard InChI is InChI=1S/C23H21ClN4O2S2/c1-30-18-10-6-16(7-11-18)22-26-27-23(31)28(22)13-12-20(29)25-21(19-3-2-14-32-19)15-4-8-17(24)9-5-15/h2-11,14,21H,12-13H2,1H3,(H,25,29)(H,27,31). The molecular formula is C23H21ClN4O2S2. The minimum atomic E-state index is -0.238. The van der Waals surface area contributed by atoms with Crippen LogP contribution in [0.1, 0.15) is 22.9 Å². The topological polar surface area (TPSA) is 71.9 Å². The number of benzene rings is 2. The van der Waals surface area contributed by atoms with Crippen LogP contribution in [0.25, 0.3) is 11.4 Å². The predicted molar refractivity (Wildman–Crippen MR) is 130 cm³/mol. The van der Waals surface area contributed by atoms with Crippen molar-refractivity contribution in [3.05, 3.63) is 86.3 Å². The first-order chi connectivity index (χ1) is 15.5. The zero-order valence-corrected chi connectivity index (χ0v) is 19.6. The Bertz CT molecular complexity index is 1230. The smallest absolute Gasteiger partial charge is 0.222 e. The zero-order valence-electron chi connectivity index (χ0n) is 17.2. The van der Waals surface area contributed by atoms with E-state index >= 15 is 0 Å². The van der Waals surface area contributed by atoms with Crippen molar-refractivity contribution in [1.29, 1.82) is 0 Å². The Balaban J connectivity index is 1.49. The van der Waals surface area contributed by atoms with E-state index in [1.807, 2.05) is 70.6 Å². The summed E-state index contributed by atoms with van der Waals surface area (Å²) in [7, 11) is 1.62. The van der Waals surface area contributed by atoms with Gasteiger partial charge in [-0.15, -0.1) is 11.3 Å². The fourth-order valence-electron chi connectivity index (χ4n) is 3.36. The van der Waals surface area contributed by atoms with Crippen molar-refractivity contribution in [2.45, 2.75) is 19.0 Å². The summed E-state index contributed by atoms with van der Waals surface area (Å²) >= 11 is 13.0. The van der Waals surface area contributed by atoms with E-state index in [1.165, 1.54) is 0 Å². The molecule has 1 amide bonds. The van der Waals surface area contributed by atoms with Crippen LogP contribution in [0.2, 0.25) is 5.02 Å². The van der Waals surface area contributed by atoms with E-state index in [4.69, 9.17) is 28.6 Å². The zero-order chi connectivity index (χ0) is 22.5. The highest BCUT2D eigenvalue weighted by Crippen LogP contribution is 2.27. The second-order valence-electron chi connectivity index (χ2n) is 7.05. The van der Waals surface area contributed by atoms with Crippen LogP contribution in [-0.4, -0.2) is 27.8 Å². The van der Waals surface area contributed by atoms with Crippen LogP contribution >= 0.6 is 35.2 Å². The minimum absolute atomic E-state index is 0.0814. The first-order valence-corrected chi connectivity index (χ1v) is 11.6. The largest absolute Gasteiger partial charge is 0.497 e. The molecule has 9 heteroatoms. The van der Waals surface area contributed by atoms with Gasteiger partial charge in [-0.1, -0.05) is 29.8 Å². The van der Waals surface area contributed by atoms with Gasteiger partial charge in [-0.2, -0.15) is 5.10 Å². The quantitative estimate of drug-likeness (QED) is 0.318. The minimum Gasteiger partial charge on any atom is -0.497 e. The van der Waals surface area contributed by atoms with Crippen LogP contribution in [-0.2, 0) is 11.3 Å². The lowest BCUT2D eigenvalue weighted by Crippen LogP contribution is -2.29. The average Bonchev–Trinajstić information content (AvgIpc) is 3.47. The molecule has 164 valence electrons. The number of carbonyl (C=O) groups is 1. The first kappa shape index (κ1) is 22.3. The lowest BCUT2D eigenvalue weighted by Gasteiger charge is -2.18. The van der Waals surface area contributed by atoms with Gasteiger partial charge in [0.2, 0.25) is 5.91 Å². The molecule has 4 rings (SSSR count). The van der Waals surface area contributed by atoms with Crippen LogP contribution in [0, 0.1) is 4.77 Å². The number of hydrogen-bond donors (Lipinski definition) is 2. The summed E-state index contributed by atoms with van der Waals surface area (Å²) in [5, 5.41) is 13.0. The van der Waals surface area contributed by atoms with E-state index in [9.17, 15) is 4.79 Å². The molecule has 0 spiro atoms. The number of aromatic nitrogens is 3. The number of rotatable bonds is 8. The maximum atomic E-state index is 12.9. The van der Waals surface area contributed by atoms with Gasteiger partial charge in [0.15, 0.2) is 10.6 Å². The molecule has 1 atom stereocenters. The Morgan fingerprint density at radius 3 is 2.62 bits per heavy atom. The SMILES string of the molecule is COc1ccc(-c2n[nH]c(=S)n2CCC(=O)NC(c2ccc(Cl)cc2)c2cccs2)cc1. The van der Waals surface area contributed by atoms with Gasteiger partial charge in [0.1, 0.15) is 5.75 Å². The molecule has 2 aromatic heterocycles. The summed E-state index contributed by atoms with van der Waals surface area (Å²) in [6, 6.07) is 18.8. The fraction of sp³-hybridized carbons (Fsp3) is 0.174. The molecular weight excluding hydrogens is 464 g/mol. The summed E-state index contributed by atoms with van der Waals surface area (Å²) in [5.74, 6) is 1.36. The Labute approximate surface area is 199 Å². The molecule has 0 bridgehead atoms. The van der Waals surface area contributed by atoms with E-state index in [2.05, 4.69) is 15.5 Å². The monoisotopic (exact) mass is 484 g/mol. The van der Waals surface area contributed by atoms with E-state index in [0.717, 1.165) is 21.8 Å². The van der Waals surface area contributed by atoms with Gasteiger partial charge in [0.05, 0.1) is 13.2 Å². The molecule has 0 saturated carbocycles. The van der Waals surface area contributed by atoms with Crippen LogP contribution < -0.4 is 10.1 Å². The van der Waals surface area contributed by atoms with Crippen molar-refractivity contribution in [3.63, 3.8) is 0 Å². The van der Waals surface area contributed by atoms with Gasteiger partial charge >= 0.3 is 0 Å². The molecule has 2 N–H and O–H groups in total. The van der Waals surface area contributed by atoms with Crippen molar-refractivity contribution in [3.8, 4) is 17.1 Å². The highest BCUT2D eigenvalue weighted by atomic mass is 35.5. The summed E-state index contributed by atoms with van der Waals surface area (Å²) < 4.78 is 7.52. The third-order valence-electron chi connectivity index (χ3n) is 5.01. The van der Waals surface area contributed by atoms with E-state index < -0.39 is 0 Å². The Morgan fingerprint density at radius 1 is 1.22 bits per heavy atom. The molecule has 1 unspecified atom stereocenters. The van der Waals surface area contributed by atoms with Crippen molar-refractivity contribution >= 4 is 41.1 Å². The number of amides is 1. The van der Waals surface area contributed by atoms with Gasteiger partial charge < -0.3 is 10.1 Å². The van der Waals surface area contributed by atoms with Crippen molar-refractivity contribution in [2.75, 3.05) is 7.11 Å². The molecule has 6 nitrogen and oxygen atoms in total. The number of nitrogens with one attached hydrogen (secondary N) is 2. The van der Waals surface area contributed by atoms with Crippen LogP contribution in [0.5, 0.6) is 5.75 Å². The predicted octanol–water partition coefficient (Wildman–Crippen LogP) is 5.63. The molecule has 0 aliphatic heterocycles. The molecule has 2 heterocycles. The lowest BCUT2D eigenvalue weighted by molar-refractivity contribution is -0.121. The van der Waals surface area contributed by atoms with E-state index in [-0.39, 0.29) is 18.4 Å². The number of H-pyrrole nitrogens is 1. The van der Waals surface area contributed by atoms with E-state index in [0.29, 0.717) is 22.2 Å². The molecule has 0 aliphatic rings. The summed E-state index contributed by atoms with van der Waals surface area (Å²) in [6.45, 7) is 0.403. The van der Waals surface area contributed by atoms with E-state index in [1.54, 1.807) is 18.4 Å². The third kappa shape index (κ3) is 5.09. The molecule has 32 heavy (non-hydrogen) atoms. The number of carbonyl (C=O) groups excluding carboxylic acids is 1. The summed E-state index contributed by atoms with van der Waals surface area (Å²) in [5.41, 5.74) is 1.86. The van der Waals surface area contributed by atoms with Gasteiger partial charge in [-0.25, -0.2) is 0 Å². The van der Waals surface area contributed by atoms with Crippen molar-refractivity contribution in [1.82, 2.24) is 20.1 Å². The number of aromatic amines is 1. The normalized spacial score (nSPS) is 11.8. The fourth-order valence-corrected chi connectivity index (χ4v) is 4.51. The Hall–Kier alpha value is -2.94. The number of hydrogen-bond acceptors (Lipinski definition) is 5. The summed E-state index contributed by atoms with van der Waals surface area (Å²) in [4.78, 5) is 14.0. The second kappa shape index (κ2) is 10.1. The number of ether oxygens (including phenoxy) is 1. The highest BCUT2D eigenvalue weighted by molar-refractivity contribution is 7.71. The Kier molecular flexibility index (Phi) is 7.04. The lowest BCUT2D eigenvalue weighted by atomic mass is 10.1. The van der Waals surface area contributed by atoms with Crippen LogP contribution in [0.4, 0.5) is 0 Å². The van der Waals surface area contributed by atoms with Gasteiger partial charge in [0.25, 0.3) is 0 Å². The molecule has 0 saturated heterocycles. The number of nitrogens with zero attached hydrogens (tertiary/aromatic N) is 2. The van der Waals surface area contributed by atoms with Gasteiger partial charge in [-0.05, 0) is 65.6 Å². The maximum Gasteiger partial charge on any atom is 0.222 e. The van der Waals surface area contributed by atoms with Gasteiger partial charge in [-0.3, -0.25) is 14.5 Å². The molecule has 4 aromatic rings. The molecule has 0 radical (unpaired) electrons. The van der Waals surface area contributed by atoms with Crippen molar-refractivity contribution < 1.29 is 9.53 Å². The molecule has 2 aromatic carbocycles. The highest BCUT2D eigenvalue weighted by Gasteiger charge is 2.19. The average molecular weight is 485 g/mol. The second-order valence-corrected chi connectivity index (χ2v) is 8.85. The van der Waals surface area contributed by atoms with Crippen molar-refractivity contribution in [2.24, 2.45) is 0 Å².